The Bertz CT molecular complexity index is 861. The van der Waals surface area contributed by atoms with Crippen molar-refractivity contribution in [2.75, 3.05) is 0 Å². The highest BCUT2D eigenvalue weighted by atomic mass is 35.5. The number of halogens is 1. The summed E-state index contributed by atoms with van der Waals surface area (Å²) in [6, 6.07) is 8.67. The van der Waals surface area contributed by atoms with E-state index in [9.17, 15) is 8.42 Å². The number of aromatic nitrogens is 1. The van der Waals surface area contributed by atoms with E-state index in [2.05, 4.69) is 9.71 Å². The van der Waals surface area contributed by atoms with Crippen LogP contribution in [0.2, 0.25) is 5.02 Å². The highest BCUT2D eigenvalue weighted by Crippen LogP contribution is 2.26. The molecule has 1 saturated carbocycles. The largest absolute Gasteiger partial charge is 0.474 e. The maximum Gasteiger partial charge on any atom is 0.241 e. The second-order valence-corrected chi connectivity index (χ2v) is 8.84. The lowest BCUT2D eigenvalue weighted by atomic mass is 9.94. The van der Waals surface area contributed by atoms with Crippen molar-refractivity contribution in [3.63, 3.8) is 0 Å². The van der Waals surface area contributed by atoms with Gasteiger partial charge in [-0.25, -0.2) is 18.1 Å². The average Bonchev–Trinajstić information content (AvgIpc) is 2.60. The molecule has 0 atom stereocenters. The molecule has 2 aromatic rings. The van der Waals surface area contributed by atoms with Crippen molar-refractivity contribution >= 4 is 21.6 Å². The second kappa shape index (κ2) is 7.94. The van der Waals surface area contributed by atoms with Crippen LogP contribution in [0.1, 0.15) is 36.8 Å². The van der Waals surface area contributed by atoms with Gasteiger partial charge < -0.3 is 4.74 Å². The van der Waals surface area contributed by atoms with Crippen LogP contribution >= 0.6 is 11.6 Å². The van der Waals surface area contributed by atoms with Gasteiger partial charge in [0.05, 0.1) is 4.90 Å². The van der Waals surface area contributed by atoms with E-state index in [1.54, 1.807) is 31.3 Å². The molecule has 0 radical (unpaired) electrons. The smallest absolute Gasteiger partial charge is 0.241 e. The summed E-state index contributed by atoms with van der Waals surface area (Å²) < 4.78 is 34.1. The van der Waals surface area contributed by atoms with E-state index in [0.717, 1.165) is 31.2 Å². The first-order valence-corrected chi connectivity index (χ1v) is 10.6. The van der Waals surface area contributed by atoms with Gasteiger partial charge in [-0.1, -0.05) is 23.7 Å². The SMILES string of the molecule is Cc1ccc(OC2CCC(NS(=O)(=O)c3cccc(Cl)c3C)CC2)nc1. The predicted octanol–water partition coefficient (Wildman–Crippen LogP) is 4.02. The third-order valence-corrected chi connectivity index (χ3v) is 6.75. The molecule has 1 N–H and O–H groups in total. The molecule has 0 aliphatic heterocycles. The molecule has 1 fully saturated rings. The summed E-state index contributed by atoms with van der Waals surface area (Å²) in [7, 11) is -3.58. The first kappa shape index (κ1) is 19.1. The zero-order valence-corrected chi connectivity index (χ0v) is 16.5. The van der Waals surface area contributed by atoms with Crippen molar-refractivity contribution in [3.8, 4) is 5.88 Å². The van der Waals surface area contributed by atoms with Crippen LogP contribution in [0, 0.1) is 13.8 Å². The summed E-state index contributed by atoms with van der Waals surface area (Å²) >= 11 is 6.05. The Hall–Kier alpha value is -1.63. The first-order valence-electron chi connectivity index (χ1n) is 8.72. The highest BCUT2D eigenvalue weighted by molar-refractivity contribution is 7.89. The Morgan fingerprint density at radius 1 is 1.12 bits per heavy atom. The van der Waals surface area contributed by atoms with E-state index in [1.165, 1.54) is 0 Å². The van der Waals surface area contributed by atoms with Crippen LogP contribution in [0.5, 0.6) is 5.88 Å². The molecule has 0 bridgehead atoms. The zero-order valence-electron chi connectivity index (χ0n) is 14.9. The summed E-state index contributed by atoms with van der Waals surface area (Å²) in [6.07, 6.45) is 4.89. The molecule has 7 heteroatoms. The van der Waals surface area contributed by atoms with Gasteiger partial charge in [-0.3, -0.25) is 0 Å². The molecule has 3 rings (SSSR count). The summed E-state index contributed by atoms with van der Waals surface area (Å²) in [4.78, 5) is 4.50. The van der Waals surface area contributed by atoms with E-state index >= 15 is 0 Å². The molecule has 5 nitrogen and oxygen atoms in total. The quantitative estimate of drug-likeness (QED) is 0.831. The fourth-order valence-corrected chi connectivity index (χ4v) is 4.96. The molecule has 1 aliphatic carbocycles. The minimum atomic E-state index is -3.58. The first-order chi connectivity index (χ1) is 12.3. The average molecular weight is 395 g/mol. The maximum atomic E-state index is 12.7. The van der Waals surface area contributed by atoms with Crippen LogP contribution in [-0.4, -0.2) is 25.5 Å². The van der Waals surface area contributed by atoms with Gasteiger partial charge in [-0.05, 0) is 62.8 Å². The molecule has 1 heterocycles. The highest BCUT2D eigenvalue weighted by Gasteiger charge is 2.27. The van der Waals surface area contributed by atoms with Gasteiger partial charge in [0, 0.05) is 23.3 Å². The standard InChI is InChI=1S/C19H23ClN2O3S/c1-13-6-11-19(21-12-13)25-16-9-7-15(8-10-16)22-26(23,24)18-5-3-4-17(20)14(18)2/h3-6,11-12,15-16,22H,7-10H2,1-2H3. The Balaban J connectivity index is 1.58. The van der Waals surface area contributed by atoms with Crippen LogP contribution in [0.15, 0.2) is 41.4 Å². The van der Waals surface area contributed by atoms with Crippen molar-refractivity contribution in [1.29, 1.82) is 0 Å². The summed E-state index contributed by atoms with van der Waals surface area (Å²) in [5, 5.41) is 0.454. The summed E-state index contributed by atoms with van der Waals surface area (Å²) in [5.41, 5.74) is 1.66. The van der Waals surface area contributed by atoms with Crippen molar-refractivity contribution < 1.29 is 13.2 Å². The Labute approximate surface area is 159 Å². The molecule has 1 aromatic heterocycles. The molecule has 26 heavy (non-hydrogen) atoms. The number of benzene rings is 1. The van der Waals surface area contributed by atoms with Gasteiger partial charge in [-0.15, -0.1) is 0 Å². The Morgan fingerprint density at radius 3 is 2.50 bits per heavy atom. The Morgan fingerprint density at radius 2 is 1.85 bits per heavy atom. The summed E-state index contributed by atoms with van der Waals surface area (Å²) in [6.45, 7) is 3.70. The zero-order chi connectivity index (χ0) is 18.7. The molecule has 1 aliphatic rings. The molecular weight excluding hydrogens is 372 g/mol. The number of ether oxygens (including phenoxy) is 1. The lowest BCUT2D eigenvalue weighted by Gasteiger charge is -2.29. The van der Waals surface area contributed by atoms with Gasteiger partial charge >= 0.3 is 0 Å². The van der Waals surface area contributed by atoms with Crippen molar-refractivity contribution in [1.82, 2.24) is 9.71 Å². The van der Waals surface area contributed by atoms with Gasteiger partial charge in [0.2, 0.25) is 15.9 Å². The van der Waals surface area contributed by atoms with Gasteiger partial charge in [0.25, 0.3) is 0 Å². The van der Waals surface area contributed by atoms with Crippen LogP contribution in [0.4, 0.5) is 0 Å². The van der Waals surface area contributed by atoms with Gasteiger partial charge in [0.1, 0.15) is 6.10 Å². The number of nitrogens with one attached hydrogen (secondary N) is 1. The van der Waals surface area contributed by atoms with E-state index in [1.807, 2.05) is 19.1 Å². The predicted molar refractivity (Wildman–Crippen MR) is 102 cm³/mol. The molecule has 0 spiro atoms. The third kappa shape index (κ3) is 4.55. The van der Waals surface area contributed by atoms with Crippen LogP contribution in [-0.2, 0) is 10.0 Å². The number of nitrogens with zero attached hydrogens (tertiary/aromatic N) is 1. The number of aryl methyl sites for hydroxylation is 1. The minimum absolute atomic E-state index is 0.0684. The van der Waals surface area contributed by atoms with Crippen LogP contribution in [0.25, 0.3) is 0 Å². The number of pyridine rings is 1. The molecule has 0 unspecified atom stereocenters. The second-order valence-electron chi connectivity index (χ2n) is 6.75. The van der Waals surface area contributed by atoms with E-state index in [-0.39, 0.29) is 17.0 Å². The number of hydrogen-bond donors (Lipinski definition) is 1. The number of sulfonamides is 1. The topological polar surface area (TPSA) is 68.3 Å². The molecule has 1 aromatic carbocycles. The fraction of sp³-hybridized carbons (Fsp3) is 0.421. The van der Waals surface area contributed by atoms with Crippen LogP contribution in [0.3, 0.4) is 0 Å². The van der Waals surface area contributed by atoms with Crippen molar-refractivity contribution in [2.45, 2.75) is 56.6 Å². The van der Waals surface area contributed by atoms with Crippen molar-refractivity contribution in [3.05, 3.63) is 52.7 Å². The maximum absolute atomic E-state index is 12.7. The monoisotopic (exact) mass is 394 g/mol. The van der Waals surface area contributed by atoms with Crippen LogP contribution < -0.4 is 9.46 Å². The molecular formula is C19H23ClN2O3S. The van der Waals surface area contributed by atoms with E-state index in [0.29, 0.717) is 16.5 Å². The lowest BCUT2D eigenvalue weighted by Crippen LogP contribution is -2.39. The minimum Gasteiger partial charge on any atom is -0.474 e. The van der Waals surface area contributed by atoms with E-state index < -0.39 is 10.0 Å². The van der Waals surface area contributed by atoms with Crippen molar-refractivity contribution in [2.24, 2.45) is 0 Å². The molecule has 140 valence electrons. The molecule has 0 amide bonds. The summed E-state index contributed by atoms with van der Waals surface area (Å²) in [5.74, 6) is 0.620. The fourth-order valence-electron chi connectivity index (χ4n) is 3.15. The van der Waals surface area contributed by atoms with Gasteiger partial charge in [0.15, 0.2) is 0 Å². The number of hydrogen-bond acceptors (Lipinski definition) is 4. The lowest BCUT2D eigenvalue weighted by molar-refractivity contribution is 0.138. The normalized spacial score (nSPS) is 20.7. The number of rotatable bonds is 5. The van der Waals surface area contributed by atoms with Gasteiger partial charge in [-0.2, -0.15) is 0 Å². The van der Waals surface area contributed by atoms with E-state index in [4.69, 9.17) is 16.3 Å². The third-order valence-electron chi connectivity index (χ3n) is 4.68. The molecule has 0 saturated heterocycles. The Kier molecular flexibility index (Phi) is 5.85.